The van der Waals surface area contributed by atoms with Crippen LogP contribution in [0.2, 0.25) is 0 Å². The fourth-order valence-corrected chi connectivity index (χ4v) is 6.39. The Bertz CT molecular complexity index is 1340. The number of hydrogen-bond donors (Lipinski definition) is 0. The highest BCUT2D eigenvalue weighted by Gasteiger charge is 2.19. The van der Waals surface area contributed by atoms with Crippen molar-refractivity contribution >= 4 is 56.1 Å². The third-order valence-corrected chi connectivity index (χ3v) is 8.04. The molecule has 5 rings (SSSR count). The molecule has 0 aliphatic carbocycles. The number of alkyl halides is 2. The summed E-state index contributed by atoms with van der Waals surface area (Å²) in [6.07, 6.45) is 0. The van der Waals surface area contributed by atoms with E-state index in [1.54, 1.807) is 47.4 Å². The number of imidazole rings is 1. The van der Waals surface area contributed by atoms with Crippen LogP contribution >= 0.6 is 34.9 Å². The molecule has 0 spiro atoms. The third kappa shape index (κ3) is 4.12. The minimum atomic E-state index is -2.65. The Labute approximate surface area is 195 Å². The highest BCUT2D eigenvalue weighted by Crippen LogP contribution is 2.32. The van der Waals surface area contributed by atoms with Crippen LogP contribution in [0.1, 0.15) is 25.1 Å². The van der Waals surface area contributed by atoms with E-state index >= 15 is 0 Å². The number of aromatic nitrogens is 6. The summed E-state index contributed by atoms with van der Waals surface area (Å²) in [6.45, 7) is 0.0621. The summed E-state index contributed by atoms with van der Waals surface area (Å²) in [6, 6.07) is 15.0. The Balaban J connectivity index is 1.32. The maximum absolute atomic E-state index is 13.7. The van der Waals surface area contributed by atoms with Gasteiger partial charge < -0.3 is 4.57 Å². The van der Waals surface area contributed by atoms with E-state index in [0.717, 1.165) is 24.9 Å². The topological polar surface area (TPSA) is 61.4 Å². The van der Waals surface area contributed by atoms with Gasteiger partial charge in [-0.3, -0.25) is 4.57 Å². The maximum Gasteiger partial charge on any atom is 0.320 e. The van der Waals surface area contributed by atoms with Crippen LogP contribution in [-0.4, -0.2) is 29.3 Å². The number of halogens is 2. The van der Waals surface area contributed by atoms with Gasteiger partial charge in [-0.25, -0.2) is 9.97 Å². The van der Waals surface area contributed by atoms with Crippen molar-refractivity contribution in [2.45, 2.75) is 41.0 Å². The highest BCUT2D eigenvalue weighted by atomic mass is 32.2. The van der Waals surface area contributed by atoms with Crippen molar-refractivity contribution in [3.63, 3.8) is 0 Å². The van der Waals surface area contributed by atoms with Crippen LogP contribution in [0.3, 0.4) is 0 Å². The predicted octanol–water partition coefficient (Wildman–Crippen LogP) is 6.24. The molecule has 0 unspecified atom stereocenters. The van der Waals surface area contributed by atoms with Crippen molar-refractivity contribution in [2.24, 2.45) is 0 Å². The van der Waals surface area contributed by atoms with E-state index in [1.807, 2.05) is 29.7 Å². The van der Waals surface area contributed by atoms with Gasteiger partial charge in [0, 0.05) is 6.54 Å². The Morgan fingerprint density at radius 1 is 0.906 bits per heavy atom. The molecule has 0 fully saturated rings. The molecule has 0 N–H and O–H groups in total. The molecule has 6 nitrogen and oxygen atoms in total. The summed E-state index contributed by atoms with van der Waals surface area (Å²) in [4.78, 5) is 9.05. The monoisotopic (exact) mass is 488 g/mol. The second-order valence-corrected chi connectivity index (χ2v) is 10.0. The molecular formula is C21H18F2N6S3. The minimum Gasteiger partial charge on any atom is -0.306 e. The number of thiazole rings is 1. The molecule has 3 aromatic heterocycles. The fourth-order valence-electron chi connectivity index (χ4n) is 3.43. The zero-order chi connectivity index (χ0) is 22.1. The van der Waals surface area contributed by atoms with Gasteiger partial charge in [0.05, 0.1) is 32.8 Å². The van der Waals surface area contributed by atoms with Gasteiger partial charge in [0.25, 0.3) is 0 Å². The smallest absolute Gasteiger partial charge is 0.306 e. The summed E-state index contributed by atoms with van der Waals surface area (Å²) in [7, 11) is 0. The highest BCUT2D eigenvalue weighted by molar-refractivity contribution is 8.00. The van der Waals surface area contributed by atoms with Gasteiger partial charge in [0.2, 0.25) is 0 Å². The van der Waals surface area contributed by atoms with Gasteiger partial charge >= 0.3 is 6.55 Å². The second-order valence-electron chi connectivity index (χ2n) is 6.83. The van der Waals surface area contributed by atoms with E-state index in [-0.39, 0.29) is 5.75 Å². The molecule has 164 valence electrons. The second kappa shape index (κ2) is 9.16. The lowest BCUT2D eigenvalue weighted by Crippen LogP contribution is -2.05. The van der Waals surface area contributed by atoms with Gasteiger partial charge in [0.15, 0.2) is 9.50 Å². The van der Waals surface area contributed by atoms with Gasteiger partial charge in [-0.15, -0.1) is 21.5 Å². The SMILES string of the molecule is CCn1c(CSc2nc3ccccc3s2)nnc1SCc1nc2ccccc2n1C(F)F. The van der Waals surface area contributed by atoms with Crippen LogP contribution in [-0.2, 0) is 18.1 Å². The van der Waals surface area contributed by atoms with Crippen molar-refractivity contribution < 1.29 is 8.78 Å². The molecule has 0 aliphatic rings. The molecule has 0 atom stereocenters. The van der Waals surface area contributed by atoms with Crippen LogP contribution in [0.4, 0.5) is 8.78 Å². The van der Waals surface area contributed by atoms with Gasteiger partial charge in [-0.1, -0.05) is 47.8 Å². The molecule has 5 aromatic rings. The molecule has 0 radical (unpaired) electrons. The Morgan fingerprint density at radius 3 is 2.44 bits per heavy atom. The van der Waals surface area contributed by atoms with Crippen LogP contribution in [0, 0.1) is 0 Å². The molecule has 0 saturated carbocycles. The first kappa shape index (κ1) is 21.4. The van der Waals surface area contributed by atoms with Crippen LogP contribution in [0.25, 0.3) is 21.3 Å². The first-order valence-electron chi connectivity index (χ1n) is 9.91. The van der Waals surface area contributed by atoms with Gasteiger partial charge in [-0.2, -0.15) is 8.78 Å². The molecule has 2 aromatic carbocycles. The van der Waals surface area contributed by atoms with E-state index in [4.69, 9.17) is 0 Å². The molecular weight excluding hydrogens is 470 g/mol. The number of fused-ring (bicyclic) bond motifs is 2. The zero-order valence-electron chi connectivity index (χ0n) is 17.0. The van der Waals surface area contributed by atoms with Crippen molar-refractivity contribution in [2.75, 3.05) is 0 Å². The first-order valence-corrected chi connectivity index (χ1v) is 12.7. The van der Waals surface area contributed by atoms with Crippen molar-refractivity contribution in [1.29, 1.82) is 0 Å². The Kier molecular flexibility index (Phi) is 6.11. The van der Waals surface area contributed by atoms with Crippen molar-refractivity contribution in [3.05, 3.63) is 60.2 Å². The lowest BCUT2D eigenvalue weighted by Gasteiger charge is -2.08. The fraction of sp³-hybridized carbons (Fsp3) is 0.238. The van der Waals surface area contributed by atoms with Crippen molar-refractivity contribution in [3.8, 4) is 0 Å². The summed E-state index contributed by atoms with van der Waals surface area (Å²) < 4.78 is 32.5. The number of nitrogens with zero attached hydrogens (tertiary/aromatic N) is 6. The predicted molar refractivity (Wildman–Crippen MR) is 125 cm³/mol. The molecule has 0 amide bonds. The van der Waals surface area contributed by atoms with Gasteiger partial charge in [-0.05, 0) is 31.2 Å². The molecule has 32 heavy (non-hydrogen) atoms. The summed E-state index contributed by atoms with van der Waals surface area (Å²) >= 11 is 4.65. The summed E-state index contributed by atoms with van der Waals surface area (Å²) in [5, 5.41) is 9.34. The van der Waals surface area contributed by atoms with E-state index in [1.165, 1.54) is 11.8 Å². The number of hydrogen-bond acceptors (Lipinski definition) is 7. The maximum atomic E-state index is 13.7. The number of thioether (sulfide) groups is 2. The Morgan fingerprint density at radius 2 is 1.66 bits per heavy atom. The van der Waals surface area contributed by atoms with Crippen molar-refractivity contribution in [1.82, 2.24) is 29.3 Å². The van der Waals surface area contributed by atoms with E-state index in [9.17, 15) is 8.78 Å². The molecule has 11 heteroatoms. The number of para-hydroxylation sites is 3. The van der Waals surface area contributed by atoms with Crippen LogP contribution < -0.4 is 0 Å². The number of rotatable bonds is 8. The van der Waals surface area contributed by atoms with E-state index in [2.05, 4.69) is 26.2 Å². The van der Waals surface area contributed by atoms with Crippen LogP contribution in [0.5, 0.6) is 0 Å². The molecule has 0 bridgehead atoms. The minimum absolute atomic E-state index is 0.280. The van der Waals surface area contributed by atoms with E-state index < -0.39 is 6.55 Å². The average molecular weight is 489 g/mol. The van der Waals surface area contributed by atoms with Crippen LogP contribution in [0.15, 0.2) is 58.0 Å². The molecule has 0 saturated heterocycles. The van der Waals surface area contributed by atoms with E-state index in [0.29, 0.717) is 34.3 Å². The lowest BCUT2D eigenvalue weighted by molar-refractivity contribution is 0.0722. The average Bonchev–Trinajstić information content (AvgIpc) is 3.49. The third-order valence-electron chi connectivity index (χ3n) is 4.90. The molecule has 0 aliphatic heterocycles. The zero-order valence-corrected chi connectivity index (χ0v) is 19.4. The standard InChI is InChI=1S/C21H18F2N6S3/c1-2-28-18(12-31-21-25-14-8-4-6-10-16(14)32-21)26-27-20(28)30-11-17-24-13-7-3-5-9-15(13)29(17)19(22)23/h3-10,19H,2,11-12H2,1H3. The van der Waals surface area contributed by atoms with Gasteiger partial charge in [0.1, 0.15) is 11.6 Å². The summed E-state index contributed by atoms with van der Waals surface area (Å²) in [5.41, 5.74) is 1.99. The first-order chi connectivity index (χ1) is 15.6. The summed E-state index contributed by atoms with van der Waals surface area (Å²) in [5.74, 6) is 2.07. The quantitative estimate of drug-likeness (QED) is 0.241. The normalized spacial score (nSPS) is 11.9. The largest absolute Gasteiger partial charge is 0.320 e. The molecule has 3 heterocycles. The number of benzene rings is 2. The lowest BCUT2D eigenvalue weighted by atomic mass is 10.3. The Hall–Kier alpha value is -2.50.